The Kier molecular flexibility index (Phi) is 5.60. The average Bonchev–Trinajstić information content (AvgIpc) is 3.40. The normalized spacial score (nSPS) is 11.5. The third-order valence-corrected chi connectivity index (χ3v) is 5.24. The number of aromatic nitrogens is 3. The van der Waals surface area contributed by atoms with E-state index in [-0.39, 0.29) is 28.8 Å². The lowest BCUT2D eigenvalue weighted by Crippen LogP contribution is -2.09. The first-order valence-corrected chi connectivity index (χ1v) is 10.2. The van der Waals surface area contributed by atoms with E-state index in [0.29, 0.717) is 11.1 Å². The maximum atomic E-state index is 14.3. The van der Waals surface area contributed by atoms with Crippen molar-refractivity contribution in [2.75, 3.05) is 6.61 Å². The van der Waals surface area contributed by atoms with Crippen molar-refractivity contribution in [3.8, 4) is 27.6 Å². The van der Waals surface area contributed by atoms with Gasteiger partial charge in [-0.25, -0.2) is 14.5 Å². The van der Waals surface area contributed by atoms with Gasteiger partial charge in [0.2, 0.25) is 5.13 Å². The molecule has 0 N–H and O–H groups in total. The van der Waals surface area contributed by atoms with Gasteiger partial charge in [0.1, 0.15) is 11.3 Å². The van der Waals surface area contributed by atoms with Crippen LogP contribution in [0.4, 0.5) is 13.2 Å². The number of carbonyl (C=O) groups excluding carboxylic acids is 1. The number of hydrogen-bond acceptors (Lipinski definition) is 5. The van der Waals surface area contributed by atoms with Gasteiger partial charge in [-0.2, -0.15) is 18.3 Å². The summed E-state index contributed by atoms with van der Waals surface area (Å²) < 4.78 is 49.0. The number of halogens is 3. The summed E-state index contributed by atoms with van der Waals surface area (Å²) in [6.07, 6.45) is -4.67. The molecule has 0 atom stereocenters. The summed E-state index contributed by atoms with van der Waals surface area (Å²) in [7, 11) is 0. The largest absolute Gasteiger partial charge is 0.461 e. The van der Waals surface area contributed by atoms with Crippen molar-refractivity contribution < 1.29 is 22.7 Å². The predicted octanol–water partition coefficient (Wildman–Crippen LogP) is 5.86. The molecule has 0 spiro atoms. The van der Waals surface area contributed by atoms with Gasteiger partial charge in [0.25, 0.3) is 0 Å². The Morgan fingerprint density at radius 2 is 1.65 bits per heavy atom. The van der Waals surface area contributed by atoms with Gasteiger partial charge in [0.15, 0.2) is 5.69 Å². The van der Waals surface area contributed by atoms with Crippen LogP contribution in [0.25, 0.3) is 27.6 Å². The second-order valence-corrected chi connectivity index (χ2v) is 7.29. The van der Waals surface area contributed by atoms with Crippen LogP contribution < -0.4 is 0 Å². The molecule has 0 fully saturated rings. The summed E-state index contributed by atoms with van der Waals surface area (Å²) in [4.78, 5) is 16.2. The minimum Gasteiger partial charge on any atom is -0.461 e. The highest BCUT2D eigenvalue weighted by Gasteiger charge is 2.41. The quantitative estimate of drug-likeness (QED) is 0.363. The zero-order valence-electron chi connectivity index (χ0n) is 16.3. The lowest BCUT2D eigenvalue weighted by Gasteiger charge is -2.11. The van der Waals surface area contributed by atoms with Gasteiger partial charge < -0.3 is 4.74 Å². The van der Waals surface area contributed by atoms with E-state index in [1.54, 1.807) is 67.6 Å². The predicted molar refractivity (Wildman–Crippen MR) is 111 cm³/mol. The van der Waals surface area contributed by atoms with Gasteiger partial charge >= 0.3 is 12.1 Å². The lowest BCUT2D eigenvalue weighted by atomic mass is 10.0. The van der Waals surface area contributed by atoms with Crippen molar-refractivity contribution in [3.05, 3.63) is 77.3 Å². The first-order chi connectivity index (χ1) is 14.9. The lowest BCUT2D eigenvalue weighted by molar-refractivity contribution is -0.136. The van der Waals surface area contributed by atoms with Gasteiger partial charge in [0.05, 0.1) is 12.3 Å². The van der Waals surface area contributed by atoms with Crippen LogP contribution in [0.2, 0.25) is 0 Å². The molecule has 2 aromatic carbocycles. The fourth-order valence-electron chi connectivity index (χ4n) is 3.15. The van der Waals surface area contributed by atoms with Gasteiger partial charge in [-0.1, -0.05) is 60.7 Å². The summed E-state index contributed by atoms with van der Waals surface area (Å²) in [6.45, 7) is 1.83. The maximum Gasteiger partial charge on any atom is 0.420 e. The van der Waals surface area contributed by atoms with Gasteiger partial charge in [-0.3, -0.25) is 0 Å². The summed E-state index contributed by atoms with van der Waals surface area (Å²) in [6, 6.07) is 16.4. The zero-order chi connectivity index (χ0) is 22.0. The molecule has 0 aliphatic heterocycles. The average molecular weight is 443 g/mol. The van der Waals surface area contributed by atoms with Crippen molar-refractivity contribution in [1.29, 1.82) is 0 Å². The number of esters is 1. The summed E-state index contributed by atoms with van der Waals surface area (Å²) in [5.74, 6) is -0.641. The van der Waals surface area contributed by atoms with E-state index in [4.69, 9.17) is 4.74 Å². The molecule has 0 saturated carbocycles. The molecule has 158 valence electrons. The molecule has 0 amide bonds. The SMILES string of the molecule is CCOC(=O)c1csc(-n2nc(-c3ccccc3)c(C(F)(F)F)c2-c2ccccc2)n1. The number of hydrogen-bond donors (Lipinski definition) is 0. The second-order valence-electron chi connectivity index (χ2n) is 6.45. The Labute approximate surface area is 179 Å². The minimum absolute atomic E-state index is 0.0196. The third kappa shape index (κ3) is 4.09. The molecular weight excluding hydrogens is 427 g/mol. The number of ether oxygens (including phenoxy) is 1. The van der Waals surface area contributed by atoms with Crippen LogP contribution in [0.1, 0.15) is 23.0 Å². The molecular formula is C22H16F3N3O2S. The maximum absolute atomic E-state index is 14.3. The Bertz CT molecular complexity index is 1200. The van der Waals surface area contributed by atoms with Crippen molar-refractivity contribution >= 4 is 17.3 Å². The Morgan fingerprint density at radius 3 is 2.23 bits per heavy atom. The van der Waals surface area contributed by atoms with E-state index >= 15 is 0 Å². The summed E-state index contributed by atoms with van der Waals surface area (Å²) in [5.41, 5.74) is -0.536. The van der Waals surface area contributed by atoms with Crippen LogP contribution in [-0.4, -0.2) is 27.3 Å². The van der Waals surface area contributed by atoms with E-state index in [1.165, 1.54) is 5.38 Å². The molecule has 4 rings (SSSR count). The number of carbonyl (C=O) groups is 1. The molecule has 0 unspecified atom stereocenters. The first kappa shape index (κ1) is 20.8. The number of nitrogens with zero attached hydrogens (tertiary/aromatic N) is 3. The fourth-order valence-corrected chi connectivity index (χ4v) is 3.90. The molecule has 2 aromatic heterocycles. The van der Waals surface area contributed by atoms with Crippen LogP contribution in [-0.2, 0) is 10.9 Å². The van der Waals surface area contributed by atoms with Crippen molar-refractivity contribution in [2.24, 2.45) is 0 Å². The van der Waals surface area contributed by atoms with Gasteiger partial charge in [-0.05, 0) is 6.92 Å². The van der Waals surface area contributed by atoms with Gasteiger partial charge in [0, 0.05) is 16.5 Å². The van der Waals surface area contributed by atoms with Crippen LogP contribution >= 0.6 is 11.3 Å². The molecule has 31 heavy (non-hydrogen) atoms. The van der Waals surface area contributed by atoms with Crippen molar-refractivity contribution in [2.45, 2.75) is 13.1 Å². The van der Waals surface area contributed by atoms with E-state index in [0.717, 1.165) is 16.0 Å². The van der Waals surface area contributed by atoms with E-state index in [9.17, 15) is 18.0 Å². The zero-order valence-corrected chi connectivity index (χ0v) is 17.1. The smallest absolute Gasteiger partial charge is 0.420 e. The van der Waals surface area contributed by atoms with E-state index < -0.39 is 17.7 Å². The molecule has 0 aliphatic carbocycles. The molecule has 4 aromatic rings. The Morgan fingerprint density at radius 1 is 1.03 bits per heavy atom. The number of alkyl halides is 3. The van der Waals surface area contributed by atoms with Crippen molar-refractivity contribution in [1.82, 2.24) is 14.8 Å². The highest BCUT2D eigenvalue weighted by molar-refractivity contribution is 7.12. The minimum atomic E-state index is -4.67. The summed E-state index contributed by atoms with van der Waals surface area (Å²) in [5, 5.41) is 5.88. The summed E-state index contributed by atoms with van der Waals surface area (Å²) >= 11 is 1.01. The van der Waals surface area contributed by atoms with Crippen LogP contribution in [0.3, 0.4) is 0 Å². The molecule has 2 heterocycles. The topological polar surface area (TPSA) is 57.0 Å². The van der Waals surface area contributed by atoms with E-state index in [2.05, 4.69) is 10.1 Å². The molecule has 0 aliphatic rings. The fraction of sp³-hybridized carbons (Fsp3) is 0.136. The van der Waals surface area contributed by atoms with Crippen LogP contribution in [0, 0.1) is 0 Å². The first-order valence-electron chi connectivity index (χ1n) is 9.34. The third-order valence-electron chi connectivity index (χ3n) is 4.42. The van der Waals surface area contributed by atoms with Crippen LogP contribution in [0.15, 0.2) is 66.0 Å². The second kappa shape index (κ2) is 8.35. The Hall–Kier alpha value is -3.46. The highest BCUT2D eigenvalue weighted by Crippen LogP contribution is 2.44. The van der Waals surface area contributed by atoms with Crippen molar-refractivity contribution in [3.63, 3.8) is 0 Å². The number of thiazole rings is 1. The molecule has 0 bridgehead atoms. The van der Waals surface area contributed by atoms with E-state index in [1.807, 2.05) is 0 Å². The highest BCUT2D eigenvalue weighted by atomic mass is 32.1. The molecule has 0 saturated heterocycles. The monoisotopic (exact) mass is 443 g/mol. The molecule has 5 nitrogen and oxygen atoms in total. The molecule has 0 radical (unpaired) electrons. The molecule has 9 heteroatoms. The Balaban J connectivity index is 1.99. The number of benzene rings is 2. The van der Waals surface area contributed by atoms with Crippen LogP contribution in [0.5, 0.6) is 0 Å². The standard InChI is InChI=1S/C22H16F3N3O2S/c1-2-30-20(29)16-13-31-21(26-16)28-19(15-11-7-4-8-12-15)17(22(23,24)25)18(27-28)14-9-5-3-6-10-14/h3-13H,2H2,1H3. The number of rotatable bonds is 5. The van der Waals surface area contributed by atoms with Gasteiger partial charge in [-0.15, -0.1) is 11.3 Å².